The van der Waals surface area contributed by atoms with E-state index < -0.39 is 5.91 Å². The van der Waals surface area contributed by atoms with Gasteiger partial charge in [0.1, 0.15) is 18.1 Å². The molecule has 1 N–H and O–H groups in total. The fourth-order valence-electron chi connectivity index (χ4n) is 3.70. The number of ether oxygens (including phenoxy) is 4. The Bertz CT molecular complexity index is 1410. The van der Waals surface area contributed by atoms with Crippen LogP contribution in [0.3, 0.4) is 0 Å². The highest BCUT2D eigenvalue weighted by atomic mass is 35.5. The summed E-state index contributed by atoms with van der Waals surface area (Å²) in [7, 11) is 1.47. The van der Waals surface area contributed by atoms with Gasteiger partial charge in [0.25, 0.3) is 17.1 Å². The third-order valence-corrected chi connectivity index (χ3v) is 6.74. The Morgan fingerprint density at radius 3 is 2.50 bits per heavy atom. The van der Waals surface area contributed by atoms with Crippen molar-refractivity contribution in [2.24, 2.45) is 0 Å². The Hall–Kier alpha value is -4.15. The maximum absolute atomic E-state index is 12.9. The summed E-state index contributed by atoms with van der Waals surface area (Å²) in [5, 5.41) is 2.98. The van der Waals surface area contributed by atoms with Crippen LogP contribution in [0.1, 0.15) is 12.5 Å². The highest BCUT2D eigenvalue weighted by Gasteiger charge is 2.34. The fraction of sp³-hybridized carbons (Fsp3) is 0.207. The Labute approximate surface area is 241 Å². The summed E-state index contributed by atoms with van der Waals surface area (Å²) in [6, 6.07) is 19.0. The Kier molecular flexibility index (Phi) is 9.93. The normalized spacial score (nSPS) is 13.9. The van der Waals surface area contributed by atoms with E-state index >= 15 is 0 Å². The van der Waals surface area contributed by atoms with Crippen molar-refractivity contribution in [3.05, 3.63) is 82.2 Å². The van der Waals surface area contributed by atoms with E-state index in [2.05, 4.69) is 5.32 Å². The molecule has 0 aliphatic carbocycles. The van der Waals surface area contributed by atoms with Gasteiger partial charge in [-0.2, -0.15) is 0 Å². The quantitative estimate of drug-likeness (QED) is 0.264. The number of methoxy groups -OCH3 is 1. The lowest BCUT2D eigenvalue weighted by Gasteiger charge is -2.14. The molecule has 3 amide bonds. The molecule has 1 heterocycles. The molecule has 0 spiro atoms. The van der Waals surface area contributed by atoms with Gasteiger partial charge in [-0.05, 0) is 78.9 Å². The highest BCUT2D eigenvalue weighted by molar-refractivity contribution is 8.18. The summed E-state index contributed by atoms with van der Waals surface area (Å²) in [4.78, 5) is 39.2. The first kappa shape index (κ1) is 28.8. The third-order valence-electron chi connectivity index (χ3n) is 5.58. The molecule has 1 fully saturated rings. The van der Waals surface area contributed by atoms with E-state index in [1.165, 1.54) is 7.11 Å². The van der Waals surface area contributed by atoms with Gasteiger partial charge in [0.15, 0.2) is 18.1 Å². The molecule has 1 aliphatic rings. The third kappa shape index (κ3) is 7.49. The molecular weight excluding hydrogens is 556 g/mol. The fourth-order valence-corrected chi connectivity index (χ4v) is 4.69. The number of amides is 3. The minimum Gasteiger partial charge on any atom is -0.493 e. The summed E-state index contributed by atoms with van der Waals surface area (Å²) in [5.41, 5.74) is 1.17. The van der Waals surface area contributed by atoms with Crippen molar-refractivity contribution >= 4 is 52.2 Å². The van der Waals surface area contributed by atoms with Gasteiger partial charge in [0, 0.05) is 5.02 Å². The van der Waals surface area contributed by atoms with Crippen LogP contribution in [-0.4, -0.2) is 55.4 Å². The van der Waals surface area contributed by atoms with Crippen LogP contribution in [0.2, 0.25) is 5.02 Å². The number of benzene rings is 3. The standard InChI is InChI=1S/C29H27ClN2O7S/c1-3-37-23-7-5-4-6-22(23)31-27(33)18-39-24-13-8-19(16-25(24)36-2)17-26-28(34)32(29(35)40-26)14-15-38-21-11-9-20(30)10-12-21/h4-13,16-17H,3,14-15,18H2,1-2H3,(H,31,33)/b26-17-. The number of anilines is 1. The number of carbonyl (C=O) groups is 3. The lowest BCUT2D eigenvalue weighted by atomic mass is 10.2. The van der Waals surface area contributed by atoms with Crippen molar-refractivity contribution in [1.29, 1.82) is 0 Å². The minimum atomic E-state index is -0.405. The van der Waals surface area contributed by atoms with E-state index in [9.17, 15) is 14.4 Å². The molecule has 11 heteroatoms. The predicted octanol–water partition coefficient (Wildman–Crippen LogP) is 5.88. The molecule has 0 radical (unpaired) electrons. The molecule has 208 valence electrons. The van der Waals surface area contributed by atoms with Crippen molar-refractivity contribution in [3.63, 3.8) is 0 Å². The second kappa shape index (κ2) is 13.8. The molecule has 1 aliphatic heterocycles. The molecule has 3 aromatic carbocycles. The molecule has 40 heavy (non-hydrogen) atoms. The molecule has 0 bridgehead atoms. The number of rotatable bonds is 12. The lowest BCUT2D eigenvalue weighted by molar-refractivity contribution is -0.123. The van der Waals surface area contributed by atoms with Gasteiger partial charge in [-0.25, -0.2) is 0 Å². The summed E-state index contributed by atoms with van der Waals surface area (Å²) in [6.45, 7) is 2.34. The topological polar surface area (TPSA) is 103 Å². The maximum atomic E-state index is 12.9. The summed E-state index contributed by atoms with van der Waals surface area (Å²) in [6.07, 6.45) is 1.61. The number of nitrogens with zero attached hydrogens (tertiary/aromatic N) is 1. The van der Waals surface area contributed by atoms with Crippen molar-refractivity contribution in [1.82, 2.24) is 4.90 Å². The SMILES string of the molecule is CCOc1ccccc1NC(=O)COc1ccc(/C=C2\SC(=O)N(CCOc3ccc(Cl)cc3)C2=O)cc1OC. The van der Waals surface area contributed by atoms with Gasteiger partial charge in [-0.3, -0.25) is 19.3 Å². The van der Waals surface area contributed by atoms with E-state index in [1.54, 1.807) is 66.7 Å². The number of carbonyl (C=O) groups excluding carboxylic acids is 3. The monoisotopic (exact) mass is 582 g/mol. The average Bonchev–Trinajstić information content (AvgIpc) is 3.21. The van der Waals surface area contributed by atoms with Crippen molar-refractivity contribution < 1.29 is 33.3 Å². The first-order valence-corrected chi connectivity index (χ1v) is 13.5. The summed E-state index contributed by atoms with van der Waals surface area (Å²) in [5.74, 6) is 1.10. The largest absolute Gasteiger partial charge is 0.493 e. The van der Waals surface area contributed by atoms with Crippen LogP contribution in [0.5, 0.6) is 23.0 Å². The van der Waals surface area contributed by atoms with Crippen LogP contribution in [0.25, 0.3) is 6.08 Å². The van der Waals surface area contributed by atoms with Crippen molar-refractivity contribution in [2.45, 2.75) is 6.92 Å². The Balaban J connectivity index is 1.35. The van der Waals surface area contributed by atoms with Crippen LogP contribution in [0.4, 0.5) is 10.5 Å². The Morgan fingerprint density at radius 1 is 0.975 bits per heavy atom. The first-order chi connectivity index (χ1) is 19.4. The van der Waals surface area contributed by atoms with Gasteiger partial charge < -0.3 is 24.3 Å². The first-order valence-electron chi connectivity index (χ1n) is 12.3. The smallest absolute Gasteiger partial charge is 0.293 e. The number of nitrogens with one attached hydrogen (secondary N) is 1. The second-order valence-corrected chi connectivity index (χ2v) is 9.74. The number of para-hydroxylation sites is 2. The number of halogens is 1. The Morgan fingerprint density at radius 2 is 1.75 bits per heavy atom. The van der Waals surface area contributed by atoms with Crippen molar-refractivity contribution in [3.8, 4) is 23.0 Å². The summed E-state index contributed by atoms with van der Waals surface area (Å²) < 4.78 is 22.2. The van der Waals surface area contributed by atoms with E-state index in [0.717, 1.165) is 16.7 Å². The number of imide groups is 1. The van der Waals surface area contributed by atoms with Crippen molar-refractivity contribution in [2.75, 3.05) is 38.8 Å². The second-order valence-electron chi connectivity index (χ2n) is 8.31. The molecule has 4 rings (SSSR count). The van der Waals surface area contributed by atoms with Crippen LogP contribution in [-0.2, 0) is 9.59 Å². The van der Waals surface area contributed by atoms with E-state index in [1.807, 2.05) is 13.0 Å². The maximum Gasteiger partial charge on any atom is 0.293 e. The molecule has 0 unspecified atom stereocenters. The minimum absolute atomic E-state index is 0.109. The molecule has 0 atom stereocenters. The molecule has 0 saturated carbocycles. The molecule has 9 nitrogen and oxygen atoms in total. The van der Waals surface area contributed by atoms with Gasteiger partial charge >= 0.3 is 0 Å². The van der Waals surface area contributed by atoms with Crippen LogP contribution < -0.4 is 24.3 Å². The zero-order valence-electron chi connectivity index (χ0n) is 21.8. The number of hydrogen-bond acceptors (Lipinski definition) is 8. The number of hydrogen-bond donors (Lipinski definition) is 1. The molecular formula is C29H27ClN2O7S. The van der Waals surface area contributed by atoms with E-state index in [0.29, 0.717) is 45.9 Å². The van der Waals surface area contributed by atoms with E-state index in [4.69, 9.17) is 30.5 Å². The van der Waals surface area contributed by atoms with Gasteiger partial charge in [-0.1, -0.05) is 29.8 Å². The van der Waals surface area contributed by atoms with Crippen LogP contribution in [0.15, 0.2) is 71.6 Å². The predicted molar refractivity (Wildman–Crippen MR) is 154 cm³/mol. The molecule has 3 aromatic rings. The van der Waals surface area contributed by atoms with Crippen LogP contribution >= 0.6 is 23.4 Å². The summed E-state index contributed by atoms with van der Waals surface area (Å²) >= 11 is 6.72. The highest BCUT2D eigenvalue weighted by Crippen LogP contribution is 2.34. The van der Waals surface area contributed by atoms with E-state index in [-0.39, 0.29) is 35.8 Å². The van der Waals surface area contributed by atoms with Gasteiger partial charge in [0.05, 0.1) is 30.9 Å². The lowest BCUT2D eigenvalue weighted by Crippen LogP contribution is -2.32. The zero-order valence-corrected chi connectivity index (χ0v) is 23.4. The zero-order chi connectivity index (χ0) is 28.5. The molecule has 0 aromatic heterocycles. The number of thioether (sulfide) groups is 1. The molecule has 1 saturated heterocycles. The van der Waals surface area contributed by atoms with Gasteiger partial charge in [-0.15, -0.1) is 0 Å². The van der Waals surface area contributed by atoms with Gasteiger partial charge in [0.2, 0.25) is 0 Å². The average molecular weight is 583 g/mol. The van der Waals surface area contributed by atoms with Crippen LogP contribution in [0, 0.1) is 0 Å².